The summed E-state index contributed by atoms with van der Waals surface area (Å²) in [5, 5.41) is 0. The lowest BCUT2D eigenvalue weighted by Crippen LogP contribution is -2.40. The van der Waals surface area contributed by atoms with Gasteiger partial charge >= 0.3 is 6.09 Å². The summed E-state index contributed by atoms with van der Waals surface area (Å²) >= 11 is 0. The molecule has 0 radical (unpaired) electrons. The van der Waals surface area contributed by atoms with Crippen LogP contribution in [0.2, 0.25) is 0 Å². The molecule has 1 aromatic rings. The highest BCUT2D eigenvalue weighted by Gasteiger charge is 2.44. The van der Waals surface area contributed by atoms with Crippen LogP contribution in [0.4, 0.5) is 10.7 Å². The van der Waals surface area contributed by atoms with Crippen LogP contribution in [0.1, 0.15) is 19.0 Å². The van der Waals surface area contributed by atoms with Crippen LogP contribution in [-0.4, -0.2) is 53.3 Å². The second-order valence-corrected chi connectivity index (χ2v) is 6.88. The molecule has 2 aliphatic rings. The standard InChI is InChI=1S/C20H26N4O3/c1-5-7-14(8-6-2)16-11-18(25)22(3)19(21-16)24-10-9-15-12-23(13-17(15)24)20(26)27-4/h5-8,11,15,17H,1,9-10,12-13H2,2-4H3/b8-6-,14-7+/t15-,17+/m1/s1. The van der Waals surface area contributed by atoms with Crippen molar-refractivity contribution < 1.29 is 9.53 Å². The molecule has 0 aliphatic carbocycles. The molecular formula is C20H26N4O3. The van der Waals surface area contributed by atoms with Gasteiger partial charge in [0.25, 0.3) is 5.56 Å². The largest absolute Gasteiger partial charge is 0.453 e. The highest BCUT2D eigenvalue weighted by molar-refractivity contribution is 5.73. The van der Waals surface area contributed by atoms with Crippen molar-refractivity contribution in [2.75, 3.05) is 31.6 Å². The Bertz CT molecular complexity index is 855. The summed E-state index contributed by atoms with van der Waals surface area (Å²) in [7, 11) is 3.14. The SMILES string of the molecule is C=C/C=C(\C=C/C)c1cc(=O)n(C)c(N2CC[C@@H]3CN(C(=O)OC)C[C@@H]32)n1. The lowest BCUT2D eigenvalue weighted by atomic mass is 10.1. The van der Waals surface area contributed by atoms with E-state index in [1.807, 2.05) is 25.2 Å². The van der Waals surface area contributed by atoms with E-state index in [1.165, 1.54) is 7.11 Å². The summed E-state index contributed by atoms with van der Waals surface area (Å²) < 4.78 is 6.44. The van der Waals surface area contributed by atoms with Crippen molar-refractivity contribution in [2.45, 2.75) is 19.4 Å². The van der Waals surface area contributed by atoms with Crippen molar-refractivity contribution in [2.24, 2.45) is 13.0 Å². The van der Waals surface area contributed by atoms with Crippen molar-refractivity contribution in [3.63, 3.8) is 0 Å². The lowest BCUT2D eigenvalue weighted by Gasteiger charge is -2.27. The van der Waals surface area contributed by atoms with Gasteiger partial charge in [0.05, 0.1) is 18.8 Å². The summed E-state index contributed by atoms with van der Waals surface area (Å²) in [6, 6.07) is 1.69. The van der Waals surface area contributed by atoms with E-state index in [4.69, 9.17) is 9.72 Å². The quantitative estimate of drug-likeness (QED) is 0.760. The lowest BCUT2D eigenvalue weighted by molar-refractivity contribution is 0.130. The smallest absolute Gasteiger partial charge is 0.409 e. The predicted molar refractivity (Wildman–Crippen MR) is 106 cm³/mol. The van der Waals surface area contributed by atoms with Gasteiger partial charge in [-0.25, -0.2) is 9.78 Å². The number of anilines is 1. The molecule has 2 atom stereocenters. The number of hydrogen-bond acceptors (Lipinski definition) is 5. The number of allylic oxidation sites excluding steroid dienone is 5. The average molecular weight is 370 g/mol. The van der Waals surface area contributed by atoms with Gasteiger partial charge in [0.15, 0.2) is 0 Å². The third-order valence-corrected chi connectivity index (χ3v) is 5.29. The zero-order chi connectivity index (χ0) is 19.6. The zero-order valence-electron chi connectivity index (χ0n) is 16.1. The third-order valence-electron chi connectivity index (χ3n) is 5.29. The molecule has 2 saturated heterocycles. The van der Waals surface area contributed by atoms with Crippen molar-refractivity contribution in [3.8, 4) is 0 Å². The van der Waals surface area contributed by atoms with E-state index >= 15 is 0 Å². The van der Waals surface area contributed by atoms with Crippen LogP contribution < -0.4 is 10.5 Å². The molecule has 0 bridgehead atoms. The first-order valence-electron chi connectivity index (χ1n) is 9.13. The minimum absolute atomic E-state index is 0.110. The summed E-state index contributed by atoms with van der Waals surface area (Å²) in [5.74, 6) is 1.000. The Morgan fingerprint density at radius 2 is 2.19 bits per heavy atom. The van der Waals surface area contributed by atoms with Gasteiger partial charge in [-0.3, -0.25) is 9.36 Å². The van der Waals surface area contributed by atoms with Gasteiger partial charge in [-0.2, -0.15) is 0 Å². The minimum atomic E-state index is -0.302. The first-order valence-corrected chi connectivity index (χ1v) is 9.13. The van der Waals surface area contributed by atoms with Crippen LogP contribution in [-0.2, 0) is 11.8 Å². The molecular weight excluding hydrogens is 344 g/mol. The highest BCUT2D eigenvalue weighted by atomic mass is 16.5. The number of fused-ring (bicyclic) bond motifs is 1. The van der Waals surface area contributed by atoms with Crippen LogP contribution in [0.5, 0.6) is 0 Å². The van der Waals surface area contributed by atoms with Crippen LogP contribution in [0.25, 0.3) is 5.57 Å². The van der Waals surface area contributed by atoms with Crippen molar-refractivity contribution in [3.05, 3.63) is 53.0 Å². The monoisotopic (exact) mass is 370 g/mol. The number of carbonyl (C=O) groups excluding carboxylic acids is 1. The first-order chi connectivity index (χ1) is 13.0. The van der Waals surface area contributed by atoms with E-state index < -0.39 is 0 Å². The number of rotatable bonds is 4. The maximum atomic E-state index is 12.6. The van der Waals surface area contributed by atoms with E-state index in [2.05, 4.69) is 11.5 Å². The second-order valence-electron chi connectivity index (χ2n) is 6.88. The molecule has 2 aliphatic heterocycles. The maximum absolute atomic E-state index is 12.6. The third kappa shape index (κ3) is 3.54. The number of amides is 1. The van der Waals surface area contributed by atoms with E-state index in [9.17, 15) is 9.59 Å². The Hall–Kier alpha value is -2.83. The molecule has 0 spiro atoms. The van der Waals surface area contributed by atoms with Crippen molar-refractivity contribution >= 4 is 17.6 Å². The van der Waals surface area contributed by atoms with Crippen LogP contribution in [0, 0.1) is 5.92 Å². The molecule has 1 amide bonds. The van der Waals surface area contributed by atoms with E-state index in [0.29, 0.717) is 30.6 Å². The fourth-order valence-corrected chi connectivity index (χ4v) is 3.95. The van der Waals surface area contributed by atoms with Crippen LogP contribution in [0.15, 0.2) is 41.7 Å². The number of carbonyl (C=O) groups is 1. The molecule has 3 rings (SSSR count). The predicted octanol–water partition coefficient (Wildman–Crippen LogP) is 2.20. The minimum Gasteiger partial charge on any atom is -0.453 e. The number of likely N-dealkylation sites (tertiary alicyclic amines) is 1. The molecule has 3 heterocycles. The van der Waals surface area contributed by atoms with Gasteiger partial charge in [0.2, 0.25) is 5.95 Å². The number of nitrogens with zero attached hydrogens (tertiary/aromatic N) is 4. The van der Waals surface area contributed by atoms with Gasteiger partial charge in [-0.1, -0.05) is 30.9 Å². The number of aromatic nitrogens is 2. The molecule has 0 N–H and O–H groups in total. The summed E-state index contributed by atoms with van der Waals surface area (Å²) in [4.78, 5) is 33.1. The Labute approximate surface area is 159 Å². The molecule has 7 heteroatoms. The molecule has 27 heavy (non-hydrogen) atoms. The summed E-state index contributed by atoms with van der Waals surface area (Å²) in [6.07, 6.45) is 8.00. The van der Waals surface area contributed by atoms with Crippen molar-refractivity contribution in [1.82, 2.24) is 14.5 Å². The molecule has 0 saturated carbocycles. The zero-order valence-corrected chi connectivity index (χ0v) is 16.1. The van der Waals surface area contributed by atoms with Crippen LogP contribution in [0.3, 0.4) is 0 Å². The van der Waals surface area contributed by atoms with Gasteiger partial charge in [-0.15, -0.1) is 0 Å². The van der Waals surface area contributed by atoms with Crippen LogP contribution >= 0.6 is 0 Å². The maximum Gasteiger partial charge on any atom is 0.409 e. The molecule has 0 unspecified atom stereocenters. The average Bonchev–Trinajstić information content (AvgIpc) is 3.24. The Morgan fingerprint density at radius 1 is 1.41 bits per heavy atom. The number of methoxy groups -OCH3 is 1. The number of hydrogen-bond donors (Lipinski definition) is 0. The van der Waals surface area contributed by atoms with E-state index in [0.717, 1.165) is 18.5 Å². The fraction of sp³-hybridized carbons (Fsp3) is 0.450. The topological polar surface area (TPSA) is 67.7 Å². The Balaban J connectivity index is 1.97. The van der Waals surface area contributed by atoms with Gasteiger partial charge in [0.1, 0.15) is 0 Å². The number of ether oxygens (including phenoxy) is 1. The molecule has 2 fully saturated rings. The van der Waals surface area contributed by atoms with Gasteiger partial charge in [0, 0.05) is 44.2 Å². The summed E-state index contributed by atoms with van der Waals surface area (Å²) in [6.45, 7) is 7.75. The normalized spacial score (nSPS) is 22.4. The fourth-order valence-electron chi connectivity index (χ4n) is 3.95. The summed E-state index contributed by atoms with van der Waals surface area (Å²) in [5.41, 5.74) is 1.35. The van der Waals surface area contributed by atoms with E-state index in [1.54, 1.807) is 28.7 Å². The van der Waals surface area contributed by atoms with E-state index in [-0.39, 0.29) is 17.7 Å². The van der Waals surface area contributed by atoms with Crippen molar-refractivity contribution in [1.29, 1.82) is 0 Å². The van der Waals surface area contributed by atoms with Gasteiger partial charge in [-0.05, 0) is 13.3 Å². The Morgan fingerprint density at radius 3 is 2.85 bits per heavy atom. The Kier molecular flexibility index (Phi) is 5.48. The molecule has 1 aromatic heterocycles. The molecule has 144 valence electrons. The van der Waals surface area contributed by atoms with Gasteiger partial charge < -0.3 is 14.5 Å². The highest BCUT2D eigenvalue weighted by Crippen LogP contribution is 2.34. The molecule has 7 nitrogen and oxygen atoms in total. The first kappa shape index (κ1) is 18.9. The molecule has 0 aromatic carbocycles. The second kappa shape index (κ2) is 7.82.